The topological polar surface area (TPSA) is 12.0 Å². The molecule has 0 aliphatic heterocycles. The van der Waals surface area contributed by atoms with Gasteiger partial charge < -0.3 is 5.32 Å². The predicted octanol–water partition coefficient (Wildman–Crippen LogP) is 6.20. The van der Waals surface area contributed by atoms with Crippen LogP contribution < -0.4 is 5.32 Å². The van der Waals surface area contributed by atoms with Gasteiger partial charge >= 0.3 is 0 Å². The van der Waals surface area contributed by atoms with E-state index < -0.39 is 0 Å². The van der Waals surface area contributed by atoms with E-state index in [0.29, 0.717) is 0 Å². The minimum Gasteiger partial charge on any atom is -0.355 e. The van der Waals surface area contributed by atoms with Crippen molar-refractivity contribution >= 4 is 11.4 Å². The van der Waals surface area contributed by atoms with Gasteiger partial charge in [0.1, 0.15) is 0 Å². The van der Waals surface area contributed by atoms with Crippen LogP contribution in [0.4, 0.5) is 5.69 Å². The summed E-state index contributed by atoms with van der Waals surface area (Å²) in [5, 5.41) is 3.58. The number of nitrogens with one attached hydrogen (secondary N) is 1. The van der Waals surface area contributed by atoms with Crippen molar-refractivity contribution in [2.24, 2.45) is 0 Å². The summed E-state index contributed by atoms with van der Waals surface area (Å²) >= 11 is 0. The maximum Gasteiger partial charge on any atom is 0.0463 e. The normalized spacial score (nSPS) is 11.4. The van der Waals surface area contributed by atoms with Gasteiger partial charge in [0, 0.05) is 16.9 Å². The van der Waals surface area contributed by atoms with Gasteiger partial charge in [0.25, 0.3) is 0 Å². The van der Waals surface area contributed by atoms with Gasteiger partial charge in [0.15, 0.2) is 0 Å². The van der Waals surface area contributed by atoms with Crippen molar-refractivity contribution in [2.75, 3.05) is 5.32 Å². The molecule has 1 N–H and O–H groups in total. The molecule has 1 nitrogen and oxygen atoms in total. The number of rotatable bonds is 6. The smallest absolute Gasteiger partial charge is 0.0463 e. The summed E-state index contributed by atoms with van der Waals surface area (Å²) in [6.45, 7) is 12.6. The Balaban J connectivity index is 2.49. The molecule has 0 spiro atoms. The minimum absolute atomic E-state index is 1.09. The number of aryl methyl sites for hydroxylation is 3. The Labute approximate surface area is 140 Å². The van der Waals surface area contributed by atoms with Crippen LogP contribution in [0.1, 0.15) is 41.2 Å². The maximum absolute atomic E-state index is 3.89. The molecule has 0 amide bonds. The van der Waals surface area contributed by atoms with E-state index in [4.69, 9.17) is 0 Å². The van der Waals surface area contributed by atoms with Crippen molar-refractivity contribution in [1.82, 2.24) is 0 Å². The number of anilines is 1. The van der Waals surface area contributed by atoms with Crippen LogP contribution in [-0.2, 0) is 6.42 Å². The highest BCUT2D eigenvalue weighted by atomic mass is 14.9. The average molecular weight is 305 g/mol. The highest BCUT2D eigenvalue weighted by molar-refractivity contribution is 5.81. The average Bonchev–Trinajstić information content (AvgIpc) is 2.53. The lowest BCUT2D eigenvalue weighted by Gasteiger charge is -2.19. The Morgan fingerprint density at radius 2 is 1.65 bits per heavy atom. The van der Waals surface area contributed by atoms with Crippen molar-refractivity contribution in [3.63, 3.8) is 0 Å². The zero-order valence-corrected chi connectivity index (χ0v) is 14.7. The first-order valence-electron chi connectivity index (χ1n) is 8.32. The molecule has 0 aliphatic carbocycles. The molecule has 0 saturated carbocycles. The van der Waals surface area contributed by atoms with Crippen LogP contribution in [0.25, 0.3) is 5.70 Å². The fraction of sp³-hybridized carbons (Fsp3) is 0.273. The van der Waals surface area contributed by atoms with Crippen molar-refractivity contribution in [1.29, 1.82) is 0 Å². The molecule has 2 rings (SSSR count). The van der Waals surface area contributed by atoms with Crippen LogP contribution in [0.2, 0.25) is 0 Å². The van der Waals surface area contributed by atoms with Crippen LogP contribution >= 0.6 is 0 Å². The van der Waals surface area contributed by atoms with Crippen molar-refractivity contribution in [3.8, 4) is 0 Å². The molecule has 0 aliphatic rings. The molecule has 0 unspecified atom stereocenters. The van der Waals surface area contributed by atoms with Crippen LogP contribution in [-0.4, -0.2) is 0 Å². The van der Waals surface area contributed by atoms with Gasteiger partial charge in [-0.05, 0) is 62.1 Å². The van der Waals surface area contributed by atoms with E-state index >= 15 is 0 Å². The maximum atomic E-state index is 3.89. The molecule has 0 bridgehead atoms. The summed E-state index contributed by atoms with van der Waals surface area (Å²) in [4.78, 5) is 0. The van der Waals surface area contributed by atoms with Gasteiger partial charge in [0.2, 0.25) is 0 Å². The number of allylic oxidation sites excluding steroid dienone is 2. The molecule has 1 heteroatoms. The molecule has 2 aromatic rings. The monoisotopic (exact) mass is 305 g/mol. The second kappa shape index (κ2) is 7.82. The first kappa shape index (κ1) is 17.1. The molecule has 0 radical (unpaired) electrons. The Morgan fingerprint density at radius 3 is 2.26 bits per heavy atom. The van der Waals surface area contributed by atoms with E-state index in [1.807, 2.05) is 6.08 Å². The molecule has 0 aromatic heterocycles. The summed E-state index contributed by atoms with van der Waals surface area (Å²) < 4.78 is 0. The van der Waals surface area contributed by atoms with Gasteiger partial charge in [-0.2, -0.15) is 0 Å². The quantitative estimate of drug-likeness (QED) is 0.626. The Kier molecular flexibility index (Phi) is 5.81. The highest BCUT2D eigenvalue weighted by Crippen LogP contribution is 2.28. The van der Waals surface area contributed by atoms with Gasteiger partial charge in [-0.3, -0.25) is 0 Å². The highest BCUT2D eigenvalue weighted by Gasteiger charge is 2.13. The van der Waals surface area contributed by atoms with Gasteiger partial charge in [0.05, 0.1) is 0 Å². The second-order valence-corrected chi connectivity index (χ2v) is 6.11. The lowest BCUT2D eigenvalue weighted by molar-refractivity contribution is 0.906. The lowest BCUT2D eigenvalue weighted by Crippen LogP contribution is -2.06. The third kappa shape index (κ3) is 4.13. The molecule has 0 heterocycles. The van der Waals surface area contributed by atoms with Crippen LogP contribution in [0.15, 0.2) is 55.1 Å². The molecular weight excluding hydrogens is 278 g/mol. The standard InChI is InChI=1S/C22H27N/c1-6-8-20-17(4)12-13-18(5)22(20)21(9-7-2)23-19-14-10-16(3)11-15-19/h7,9-15,23H,2,6,8H2,1,3-5H3/b21-9+. The summed E-state index contributed by atoms with van der Waals surface area (Å²) in [6, 6.07) is 12.9. The summed E-state index contributed by atoms with van der Waals surface area (Å²) in [5.74, 6) is 0. The Morgan fingerprint density at radius 1 is 1.00 bits per heavy atom. The van der Waals surface area contributed by atoms with Gasteiger partial charge in [-0.1, -0.05) is 55.8 Å². The summed E-state index contributed by atoms with van der Waals surface area (Å²) in [5.41, 5.74) is 8.89. The van der Waals surface area contributed by atoms with E-state index in [1.165, 1.54) is 27.8 Å². The third-order valence-electron chi connectivity index (χ3n) is 4.14. The first-order chi connectivity index (χ1) is 11.1. The molecule has 0 fully saturated rings. The van der Waals surface area contributed by atoms with Crippen molar-refractivity contribution in [3.05, 3.63) is 82.9 Å². The Bertz CT molecular complexity index is 705. The first-order valence-corrected chi connectivity index (χ1v) is 8.32. The number of hydrogen-bond donors (Lipinski definition) is 1. The van der Waals surface area contributed by atoms with E-state index in [9.17, 15) is 0 Å². The SMILES string of the molecule is C=C/C=C(/Nc1ccc(C)cc1)c1c(C)ccc(C)c1CCC. The molecular formula is C22H27N. The predicted molar refractivity (Wildman–Crippen MR) is 103 cm³/mol. The lowest BCUT2D eigenvalue weighted by atomic mass is 9.91. The summed E-state index contributed by atoms with van der Waals surface area (Å²) in [7, 11) is 0. The second-order valence-electron chi connectivity index (χ2n) is 6.11. The van der Waals surface area contributed by atoms with Crippen LogP contribution in [0, 0.1) is 20.8 Å². The zero-order valence-electron chi connectivity index (χ0n) is 14.7. The van der Waals surface area contributed by atoms with E-state index in [-0.39, 0.29) is 0 Å². The van der Waals surface area contributed by atoms with Crippen molar-refractivity contribution in [2.45, 2.75) is 40.5 Å². The van der Waals surface area contributed by atoms with E-state index in [2.05, 4.69) is 82.1 Å². The van der Waals surface area contributed by atoms with Crippen LogP contribution in [0.3, 0.4) is 0 Å². The number of hydrogen-bond acceptors (Lipinski definition) is 1. The molecule has 2 aromatic carbocycles. The minimum atomic E-state index is 1.09. The zero-order chi connectivity index (χ0) is 16.8. The summed E-state index contributed by atoms with van der Waals surface area (Å²) in [6.07, 6.45) is 6.16. The Hall–Kier alpha value is -2.28. The third-order valence-corrected chi connectivity index (χ3v) is 4.14. The fourth-order valence-electron chi connectivity index (χ4n) is 2.91. The van der Waals surface area contributed by atoms with Crippen LogP contribution in [0.5, 0.6) is 0 Å². The number of benzene rings is 2. The van der Waals surface area contributed by atoms with E-state index in [1.54, 1.807) is 0 Å². The fourth-order valence-corrected chi connectivity index (χ4v) is 2.91. The van der Waals surface area contributed by atoms with Crippen molar-refractivity contribution < 1.29 is 0 Å². The van der Waals surface area contributed by atoms with Gasteiger partial charge in [-0.15, -0.1) is 0 Å². The molecule has 0 atom stereocenters. The molecule has 0 saturated heterocycles. The molecule has 120 valence electrons. The molecule has 23 heavy (non-hydrogen) atoms. The van der Waals surface area contributed by atoms with Gasteiger partial charge in [-0.25, -0.2) is 0 Å². The largest absolute Gasteiger partial charge is 0.355 e. The van der Waals surface area contributed by atoms with E-state index in [0.717, 1.165) is 24.2 Å².